The minimum absolute atomic E-state index is 0.0926. The Morgan fingerprint density at radius 3 is 2.67 bits per heavy atom. The largest absolute Gasteiger partial charge is 0.492 e. The number of piperidine rings is 1. The van der Waals surface area contributed by atoms with Gasteiger partial charge in [-0.3, -0.25) is 4.90 Å². The van der Waals surface area contributed by atoms with Gasteiger partial charge in [0.2, 0.25) is 0 Å². The lowest BCUT2D eigenvalue weighted by Gasteiger charge is -2.40. The summed E-state index contributed by atoms with van der Waals surface area (Å²) in [5.41, 5.74) is 0.0926. The van der Waals surface area contributed by atoms with E-state index in [1.54, 1.807) is 16.4 Å². The number of benzene rings is 1. The summed E-state index contributed by atoms with van der Waals surface area (Å²) in [6.07, 6.45) is 3.19. The van der Waals surface area contributed by atoms with Crippen LogP contribution in [0.3, 0.4) is 0 Å². The van der Waals surface area contributed by atoms with Gasteiger partial charge in [-0.15, -0.1) is 11.3 Å². The molecule has 5 nitrogen and oxygen atoms in total. The van der Waals surface area contributed by atoms with Crippen molar-refractivity contribution in [2.24, 2.45) is 5.41 Å². The Morgan fingerprint density at radius 2 is 1.89 bits per heavy atom. The number of ether oxygens (including phenoxy) is 1. The van der Waals surface area contributed by atoms with Gasteiger partial charge in [-0.1, -0.05) is 24.3 Å². The molecule has 0 saturated carbocycles. The Bertz CT molecular complexity index is 839. The highest BCUT2D eigenvalue weighted by Crippen LogP contribution is 2.41. The van der Waals surface area contributed by atoms with Crippen LogP contribution in [0.2, 0.25) is 0 Å². The predicted molar refractivity (Wildman–Crippen MR) is 108 cm³/mol. The molecule has 2 aliphatic heterocycles. The molecule has 1 aromatic heterocycles. The van der Waals surface area contributed by atoms with Crippen molar-refractivity contribution in [1.29, 1.82) is 0 Å². The van der Waals surface area contributed by atoms with Crippen molar-refractivity contribution >= 4 is 21.4 Å². The first kappa shape index (κ1) is 18.9. The highest BCUT2D eigenvalue weighted by Gasteiger charge is 2.45. The van der Waals surface area contributed by atoms with Crippen molar-refractivity contribution in [3.63, 3.8) is 0 Å². The molecule has 2 aliphatic rings. The molecule has 0 aliphatic carbocycles. The van der Waals surface area contributed by atoms with Gasteiger partial charge in [0.25, 0.3) is 10.0 Å². The lowest BCUT2D eigenvalue weighted by atomic mass is 9.79. The third kappa shape index (κ3) is 4.21. The number of hydrogen-bond donors (Lipinski definition) is 0. The Balaban J connectivity index is 1.34. The number of thiophene rings is 1. The molecule has 0 N–H and O–H groups in total. The number of rotatable bonds is 6. The van der Waals surface area contributed by atoms with Crippen molar-refractivity contribution in [3.05, 3.63) is 47.8 Å². The third-order valence-corrected chi connectivity index (χ3v) is 8.87. The molecule has 0 bridgehead atoms. The van der Waals surface area contributed by atoms with E-state index in [1.165, 1.54) is 11.3 Å². The van der Waals surface area contributed by atoms with E-state index in [0.717, 1.165) is 44.6 Å². The Kier molecular flexibility index (Phi) is 5.55. The van der Waals surface area contributed by atoms with Gasteiger partial charge >= 0.3 is 0 Å². The molecular formula is C20H26N2O3S2. The first-order valence-electron chi connectivity index (χ1n) is 9.51. The van der Waals surface area contributed by atoms with Crippen molar-refractivity contribution in [1.82, 2.24) is 9.21 Å². The van der Waals surface area contributed by atoms with Gasteiger partial charge in [0.1, 0.15) is 16.6 Å². The summed E-state index contributed by atoms with van der Waals surface area (Å²) in [5, 5.41) is 1.83. The maximum absolute atomic E-state index is 12.8. The Morgan fingerprint density at radius 1 is 1.04 bits per heavy atom. The van der Waals surface area contributed by atoms with Crippen molar-refractivity contribution in [2.45, 2.75) is 23.5 Å². The summed E-state index contributed by atoms with van der Waals surface area (Å²) in [6, 6.07) is 13.4. The molecular weight excluding hydrogens is 380 g/mol. The van der Waals surface area contributed by atoms with Gasteiger partial charge < -0.3 is 4.74 Å². The average molecular weight is 407 g/mol. The smallest absolute Gasteiger partial charge is 0.252 e. The van der Waals surface area contributed by atoms with E-state index in [9.17, 15) is 8.42 Å². The van der Waals surface area contributed by atoms with E-state index in [4.69, 9.17) is 4.74 Å². The van der Waals surface area contributed by atoms with Gasteiger partial charge in [-0.25, -0.2) is 8.42 Å². The van der Waals surface area contributed by atoms with Crippen LogP contribution < -0.4 is 4.74 Å². The van der Waals surface area contributed by atoms with Crippen LogP contribution in [0.5, 0.6) is 5.75 Å². The molecule has 7 heteroatoms. The second kappa shape index (κ2) is 7.91. The SMILES string of the molecule is O=S(=O)(c1cccs1)N1CCC2(CCCN(CCOc3ccccc3)C2)C1. The quantitative estimate of drug-likeness (QED) is 0.739. The standard InChI is InChI=1S/C20H26N2O3S2/c23-27(24,19-8-4-15-26-19)22-12-10-20(17-22)9-5-11-21(16-20)13-14-25-18-6-2-1-3-7-18/h1-4,6-8,15H,5,9-14,16-17H2. The second-order valence-corrected chi connectivity index (χ2v) is 10.7. The molecule has 3 heterocycles. The fourth-order valence-electron chi connectivity index (χ4n) is 4.28. The fourth-order valence-corrected chi connectivity index (χ4v) is 6.98. The second-order valence-electron chi connectivity index (χ2n) is 7.56. The zero-order valence-electron chi connectivity index (χ0n) is 15.4. The Labute approximate surface area is 165 Å². The lowest BCUT2D eigenvalue weighted by Crippen LogP contribution is -2.46. The van der Waals surface area contributed by atoms with E-state index in [-0.39, 0.29) is 5.41 Å². The molecule has 27 heavy (non-hydrogen) atoms. The Hall–Kier alpha value is -1.41. The normalized spacial score (nSPS) is 24.4. The third-order valence-electron chi connectivity index (χ3n) is 5.65. The van der Waals surface area contributed by atoms with Crippen molar-refractivity contribution in [3.8, 4) is 5.75 Å². The monoisotopic (exact) mass is 406 g/mol. The average Bonchev–Trinajstić information content (AvgIpc) is 3.34. The summed E-state index contributed by atoms with van der Waals surface area (Å²) < 4.78 is 33.7. The van der Waals surface area contributed by atoms with Gasteiger partial charge in [0, 0.05) is 26.2 Å². The maximum Gasteiger partial charge on any atom is 0.252 e. The van der Waals surface area contributed by atoms with Crippen LogP contribution in [0.15, 0.2) is 52.1 Å². The number of likely N-dealkylation sites (tertiary alicyclic amines) is 1. The van der Waals surface area contributed by atoms with E-state index >= 15 is 0 Å². The fraction of sp³-hybridized carbons (Fsp3) is 0.500. The molecule has 1 atom stereocenters. The van der Waals surface area contributed by atoms with Crippen molar-refractivity contribution in [2.75, 3.05) is 39.3 Å². The molecule has 2 aromatic rings. The van der Waals surface area contributed by atoms with Crippen LogP contribution >= 0.6 is 11.3 Å². The molecule has 4 rings (SSSR count). The molecule has 1 aromatic carbocycles. The predicted octanol–water partition coefficient (Wildman–Crippen LogP) is 3.30. The van der Waals surface area contributed by atoms with Gasteiger partial charge in [0.05, 0.1) is 0 Å². The first-order chi connectivity index (χ1) is 13.1. The zero-order chi connectivity index (χ0) is 18.7. The maximum atomic E-state index is 12.8. The van der Waals surface area contributed by atoms with Gasteiger partial charge in [-0.2, -0.15) is 4.31 Å². The molecule has 146 valence electrons. The summed E-state index contributed by atoms with van der Waals surface area (Å²) in [6.45, 7) is 4.85. The van der Waals surface area contributed by atoms with Crippen LogP contribution in [0, 0.1) is 5.41 Å². The minimum Gasteiger partial charge on any atom is -0.492 e. The summed E-state index contributed by atoms with van der Waals surface area (Å²) in [5.74, 6) is 0.901. The summed E-state index contributed by atoms with van der Waals surface area (Å²) in [4.78, 5) is 2.44. The number of sulfonamides is 1. The van der Waals surface area contributed by atoms with Crippen LogP contribution in [0.1, 0.15) is 19.3 Å². The highest BCUT2D eigenvalue weighted by atomic mass is 32.2. The zero-order valence-corrected chi connectivity index (χ0v) is 17.1. The lowest BCUT2D eigenvalue weighted by molar-refractivity contribution is 0.0864. The van der Waals surface area contributed by atoms with E-state index < -0.39 is 10.0 Å². The van der Waals surface area contributed by atoms with E-state index in [0.29, 0.717) is 23.9 Å². The molecule has 2 fully saturated rings. The number of hydrogen-bond acceptors (Lipinski definition) is 5. The molecule has 0 radical (unpaired) electrons. The van der Waals surface area contributed by atoms with Crippen LogP contribution in [0.4, 0.5) is 0 Å². The highest BCUT2D eigenvalue weighted by molar-refractivity contribution is 7.91. The van der Waals surface area contributed by atoms with Crippen LogP contribution in [-0.4, -0.2) is 57.0 Å². The van der Waals surface area contributed by atoms with Crippen molar-refractivity contribution < 1.29 is 13.2 Å². The first-order valence-corrected chi connectivity index (χ1v) is 11.8. The van der Waals surface area contributed by atoms with Gasteiger partial charge in [0.15, 0.2) is 0 Å². The minimum atomic E-state index is -3.33. The van der Waals surface area contributed by atoms with Crippen LogP contribution in [0.25, 0.3) is 0 Å². The van der Waals surface area contributed by atoms with E-state index in [1.807, 2.05) is 35.7 Å². The molecule has 2 saturated heterocycles. The molecule has 0 amide bonds. The summed E-state index contributed by atoms with van der Waals surface area (Å²) in [7, 11) is -3.33. The van der Waals surface area contributed by atoms with Gasteiger partial charge in [-0.05, 0) is 54.8 Å². The summed E-state index contributed by atoms with van der Waals surface area (Å²) >= 11 is 1.30. The van der Waals surface area contributed by atoms with E-state index in [2.05, 4.69) is 4.90 Å². The number of para-hydroxylation sites is 1. The van der Waals surface area contributed by atoms with Crippen LogP contribution in [-0.2, 0) is 10.0 Å². The topological polar surface area (TPSA) is 49.9 Å². The number of nitrogens with zero attached hydrogens (tertiary/aromatic N) is 2. The molecule has 1 unspecified atom stereocenters. The molecule has 1 spiro atoms.